The number of amides is 1. The molecule has 1 fully saturated rings. The number of thiocarbonyl (C=S) groups is 1. The Morgan fingerprint density at radius 2 is 1.79 bits per heavy atom. The number of ether oxygens (including phenoxy) is 2. The molecule has 0 unspecified atom stereocenters. The van der Waals surface area contributed by atoms with Gasteiger partial charge in [-0.1, -0.05) is 48.2 Å². The molecule has 1 amide bonds. The Kier molecular flexibility index (Phi) is 6.33. The maximum atomic E-state index is 12.3. The standard InChI is InChI=1S/C20H17NO5S2/c1-25-15-6-4-14(5-7-15)12-26-16-8-2-13(3-9-16)10-17-19(24)21(11-18(22)23)20(27)28-17/h2-10H,11-12H2,1H3,(H,22,23). The van der Waals surface area contributed by atoms with E-state index in [9.17, 15) is 9.59 Å². The predicted octanol–water partition coefficient (Wildman–Crippen LogP) is 3.56. The molecule has 0 radical (unpaired) electrons. The van der Waals surface area contributed by atoms with Gasteiger partial charge in [0.15, 0.2) is 0 Å². The zero-order valence-electron chi connectivity index (χ0n) is 15.0. The van der Waals surface area contributed by atoms with Crippen molar-refractivity contribution in [1.29, 1.82) is 0 Å². The van der Waals surface area contributed by atoms with Crippen LogP contribution in [0.1, 0.15) is 11.1 Å². The monoisotopic (exact) mass is 415 g/mol. The molecule has 0 aromatic heterocycles. The Hall–Kier alpha value is -2.84. The number of carboxylic acids is 1. The summed E-state index contributed by atoms with van der Waals surface area (Å²) in [7, 11) is 1.62. The van der Waals surface area contributed by atoms with Gasteiger partial charge in [0.25, 0.3) is 5.91 Å². The number of benzene rings is 2. The molecule has 28 heavy (non-hydrogen) atoms. The minimum atomic E-state index is -1.10. The summed E-state index contributed by atoms with van der Waals surface area (Å²) in [6.07, 6.45) is 1.69. The summed E-state index contributed by atoms with van der Waals surface area (Å²) in [5.74, 6) is 0.00131. The van der Waals surface area contributed by atoms with Crippen molar-refractivity contribution in [2.75, 3.05) is 13.7 Å². The first-order valence-corrected chi connectivity index (χ1v) is 9.51. The highest BCUT2D eigenvalue weighted by molar-refractivity contribution is 8.26. The van der Waals surface area contributed by atoms with E-state index in [4.69, 9.17) is 26.8 Å². The highest BCUT2D eigenvalue weighted by Crippen LogP contribution is 2.32. The number of nitrogens with zero attached hydrogens (tertiary/aromatic N) is 1. The molecule has 6 nitrogen and oxygen atoms in total. The largest absolute Gasteiger partial charge is 0.497 e. The summed E-state index contributed by atoms with van der Waals surface area (Å²) in [5, 5.41) is 8.87. The van der Waals surface area contributed by atoms with Gasteiger partial charge in [-0.2, -0.15) is 0 Å². The summed E-state index contributed by atoms with van der Waals surface area (Å²) < 4.78 is 11.1. The molecule has 2 aromatic rings. The van der Waals surface area contributed by atoms with E-state index < -0.39 is 18.4 Å². The van der Waals surface area contributed by atoms with E-state index in [0.29, 0.717) is 17.3 Å². The van der Waals surface area contributed by atoms with Crippen LogP contribution in [0.25, 0.3) is 6.08 Å². The molecular weight excluding hydrogens is 398 g/mol. The average molecular weight is 415 g/mol. The third-order valence-electron chi connectivity index (χ3n) is 3.91. The van der Waals surface area contributed by atoms with Crippen molar-refractivity contribution < 1.29 is 24.2 Å². The topological polar surface area (TPSA) is 76.1 Å². The number of carboxylic acid groups (broad SMARTS) is 1. The molecule has 0 atom stereocenters. The van der Waals surface area contributed by atoms with E-state index in [1.54, 1.807) is 13.2 Å². The Morgan fingerprint density at radius 3 is 2.39 bits per heavy atom. The average Bonchev–Trinajstić information content (AvgIpc) is 2.95. The fourth-order valence-corrected chi connectivity index (χ4v) is 3.73. The summed E-state index contributed by atoms with van der Waals surface area (Å²) in [6.45, 7) is -0.00265. The minimum Gasteiger partial charge on any atom is -0.497 e. The van der Waals surface area contributed by atoms with Gasteiger partial charge in [-0.05, 0) is 41.5 Å². The number of hydrogen-bond donors (Lipinski definition) is 1. The smallest absolute Gasteiger partial charge is 0.323 e. The third-order valence-corrected chi connectivity index (χ3v) is 5.29. The van der Waals surface area contributed by atoms with Gasteiger partial charge in [-0.15, -0.1) is 0 Å². The highest BCUT2D eigenvalue weighted by Gasteiger charge is 2.33. The van der Waals surface area contributed by atoms with Gasteiger partial charge in [0.1, 0.15) is 29.0 Å². The van der Waals surface area contributed by atoms with Gasteiger partial charge < -0.3 is 14.6 Å². The molecule has 0 aliphatic carbocycles. The van der Waals surface area contributed by atoms with Crippen LogP contribution >= 0.6 is 24.0 Å². The lowest BCUT2D eigenvalue weighted by molar-refractivity contribution is -0.140. The summed E-state index contributed by atoms with van der Waals surface area (Å²) in [5.41, 5.74) is 1.82. The van der Waals surface area contributed by atoms with E-state index >= 15 is 0 Å². The van der Waals surface area contributed by atoms with Gasteiger partial charge in [-0.3, -0.25) is 14.5 Å². The van der Waals surface area contributed by atoms with Crippen molar-refractivity contribution in [3.05, 3.63) is 64.6 Å². The molecule has 1 heterocycles. The van der Waals surface area contributed by atoms with Crippen molar-refractivity contribution in [3.8, 4) is 11.5 Å². The second-order valence-corrected chi connectivity index (χ2v) is 7.54. The minimum absolute atomic E-state index is 0.248. The lowest BCUT2D eigenvalue weighted by Gasteiger charge is -2.10. The fourth-order valence-electron chi connectivity index (χ4n) is 2.47. The molecule has 8 heteroatoms. The number of carbonyl (C=O) groups is 2. The maximum Gasteiger partial charge on any atom is 0.323 e. The van der Waals surface area contributed by atoms with Crippen molar-refractivity contribution in [3.63, 3.8) is 0 Å². The number of carbonyl (C=O) groups excluding carboxylic acids is 1. The van der Waals surface area contributed by atoms with Crippen LogP contribution in [0.15, 0.2) is 53.4 Å². The van der Waals surface area contributed by atoms with Crippen molar-refractivity contribution in [2.24, 2.45) is 0 Å². The Bertz CT molecular complexity index is 923. The molecular formula is C20H17NO5S2. The molecule has 2 aromatic carbocycles. The maximum absolute atomic E-state index is 12.3. The van der Waals surface area contributed by atoms with E-state index in [0.717, 1.165) is 33.5 Å². The van der Waals surface area contributed by atoms with Crippen LogP contribution in [0.5, 0.6) is 11.5 Å². The number of hydrogen-bond acceptors (Lipinski definition) is 6. The number of aliphatic carboxylic acids is 1. The highest BCUT2D eigenvalue weighted by atomic mass is 32.2. The summed E-state index contributed by atoms with van der Waals surface area (Å²) in [6, 6.07) is 14.9. The van der Waals surface area contributed by atoms with Crippen LogP contribution in [0, 0.1) is 0 Å². The fraction of sp³-hybridized carbons (Fsp3) is 0.150. The number of methoxy groups -OCH3 is 1. The SMILES string of the molecule is COc1ccc(COc2ccc(C=C3SC(=S)N(CC(=O)O)C3=O)cc2)cc1. The molecule has 0 spiro atoms. The first kappa shape index (κ1) is 19.9. The van der Waals surface area contributed by atoms with Crippen LogP contribution in [0.4, 0.5) is 0 Å². The third kappa shape index (κ3) is 4.90. The summed E-state index contributed by atoms with van der Waals surface area (Å²) in [4.78, 5) is 24.6. The lowest BCUT2D eigenvalue weighted by Crippen LogP contribution is -2.33. The van der Waals surface area contributed by atoms with Gasteiger partial charge in [0.05, 0.1) is 12.0 Å². The van der Waals surface area contributed by atoms with E-state index in [1.807, 2.05) is 48.5 Å². The molecule has 144 valence electrons. The zero-order chi connectivity index (χ0) is 20.1. The molecule has 0 bridgehead atoms. The Labute approximate surface area is 171 Å². The van der Waals surface area contributed by atoms with Gasteiger partial charge >= 0.3 is 5.97 Å². The molecule has 3 rings (SSSR count). The number of rotatable bonds is 7. The van der Waals surface area contributed by atoms with Crippen LogP contribution in [-0.2, 0) is 16.2 Å². The van der Waals surface area contributed by atoms with Crippen LogP contribution in [0.3, 0.4) is 0 Å². The second-order valence-electron chi connectivity index (χ2n) is 5.87. The number of thioether (sulfide) groups is 1. The molecule has 1 N–H and O–H groups in total. The Balaban J connectivity index is 1.62. The van der Waals surface area contributed by atoms with E-state index in [-0.39, 0.29) is 4.32 Å². The molecule has 0 saturated carbocycles. The van der Waals surface area contributed by atoms with Crippen LogP contribution in [0.2, 0.25) is 0 Å². The molecule has 1 saturated heterocycles. The van der Waals surface area contributed by atoms with Crippen LogP contribution in [-0.4, -0.2) is 39.9 Å². The molecule has 1 aliphatic heterocycles. The van der Waals surface area contributed by atoms with Crippen LogP contribution < -0.4 is 9.47 Å². The van der Waals surface area contributed by atoms with Crippen molar-refractivity contribution >= 4 is 46.3 Å². The summed E-state index contributed by atoms with van der Waals surface area (Å²) >= 11 is 6.18. The molecule has 1 aliphatic rings. The van der Waals surface area contributed by atoms with Crippen molar-refractivity contribution in [1.82, 2.24) is 4.90 Å². The van der Waals surface area contributed by atoms with Gasteiger partial charge in [0.2, 0.25) is 0 Å². The zero-order valence-corrected chi connectivity index (χ0v) is 16.6. The van der Waals surface area contributed by atoms with Gasteiger partial charge in [0, 0.05) is 0 Å². The first-order chi connectivity index (χ1) is 13.5. The van der Waals surface area contributed by atoms with Crippen molar-refractivity contribution in [2.45, 2.75) is 6.61 Å². The lowest BCUT2D eigenvalue weighted by atomic mass is 10.2. The first-order valence-electron chi connectivity index (χ1n) is 8.29. The predicted molar refractivity (Wildman–Crippen MR) is 111 cm³/mol. The van der Waals surface area contributed by atoms with Gasteiger partial charge in [-0.25, -0.2) is 0 Å². The quantitative estimate of drug-likeness (QED) is 0.547. The van der Waals surface area contributed by atoms with E-state index in [2.05, 4.69) is 0 Å². The Morgan fingerprint density at radius 1 is 1.14 bits per heavy atom. The normalized spacial score (nSPS) is 15.2. The van der Waals surface area contributed by atoms with E-state index in [1.165, 1.54) is 0 Å². The second kappa shape index (κ2) is 8.90.